The molecule has 6 atom stereocenters. The molecule has 0 amide bonds. The molecule has 11 aromatic carbocycles. The van der Waals surface area contributed by atoms with E-state index in [1.165, 1.54) is 276 Å². The van der Waals surface area contributed by atoms with E-state index >= 15 is 0 Å². The minimum absolute atomic E-state index is 0.662. The maximum absolute atomic E-state index is 3.54. The lowest BCUT2D eigenvalue weighted by Gasteiger charge is -2.29. The molecular formula is C130H166. The van der Waals surface area contributed by atoms with Gasteiger partial charge in [0, 0.05) is 22.3 Å². The maximum Gasteiger partial charge on any atom is 0.0249 e. The monoisotopic (exact) mass is 1730 g/mol. The first-order valence-electron chi connectivity index (χ1n) is 52.1. The molecule has 11 aromatic rings. The van der Waals surface area contributed by atoms with Gasteiger partial charge in [0.15, 0.2) is 0 Å². The van der Waals surface area contributed by atoms with Crippen LogP contribution in [0.3, 0.4) is 0 Å². The van der Waals surface area contributed by atoms with Crippen molar-refractivity contribution in [3.63, 3.8) is 0 Å². The van der Waals surface area contributed by atoms with E-state index < -0.39 is 0 Å². The molecule has 0 heteroatoms. The highest BCUT2D eigenvalue weighted by atomic mass is 14.3. The normalized spacial score (nSPS) is 13.1. The Kier molecular flexibility index (Phi) is 41.0. The van der Waals surface area contributed by atoms with Gasteiger partial charge >= 0.3 is 0 Å². The molecule has 130 heavy (non-hydrogen) atoms. The smallest absolute Gasteiger partial charge is 0.0249 e. The lowest BCUT2D eigenvalue weighted by molar-refractivity contribution is 0.437. The maximum atomic E-state index is 3.54. The van der Waals surface area contributed by atoms with Crippen LogP contribution in [-0.4, -0.2) is 0 Å². The van der Waals surface area contributed by atoms with Gasteiger partial charge in [0.05, 0.1) is 0 Å². The van der Waals surface area contributed by atoms with E-state index in [2.05, 4.69) is 391 Å². The molecule has 686 valence electrons. The first-order chi connectivity index (χ1) is 62.8. The van der Waals surface area contributed by atoms with Crippen molar-refractivity contribution in [1.29, 1.82) is 0 Å². The molecule has 0 heterocycles. The second kappa shape index (κ2) is 52.7. The summed E-state index contributed by atoms with van der Waals surface area (Å²) in [4.78, 5) is 0. The van der Waals surface area contributed by atoms with Crippen molar-refractivity contribution in [3.8, 4) is 113 Å². The lowest BCUT2D eigenvalue weighted by Crippen LogP contribution is -2.03. The fourth-order valence-corrected chi connectivity index (χ4v) is 19.4. The van der Waals surface area contributed by atoms with Crippen LogP contribution in [0.15, 0.2) is 243 Å². The van der Waals surface area contributed by atoms with E-state index in [-0.39, 0.29) is 0 Å². The largest absolute Gasteiger partial charge is 0.0628 e. The van der Waals surface area contributed by atoms with Crippen molar-refractivity contribution < 1.29 is 0 Å². The molecule has 0 radical (unpaired) electrons. The second-order valence-electron chi connectivity index (χ2n) is 43.1. The highest BCUT2D eigenvalue weighted by Crippen LogP contribution is 2.57. The number of hydrogen-bond acceptors (Lipinski definition) is 0. The van der Waals surface area contributed by atoms with Crippen LogP contribution in [0.4, 0.5) is 0 Å². The Morgan fingerprint density at radius 2 is 0.262 bits per heavy atom. The summed E-state index contributed by atoms with van der Waals surface area (Å²) < 4.78 is 0. The van der Waals surface area contributed by atoms with Gasteiger partial charge in [-0.2, -0.15) is 0 Å². The van der Waals surface area contributed by atoms with Gasteiger partial charge in [0.1, 0.15) is 0 Å². The van der Waals surface area contributed by atoms with E-state index in [9.17, 15) is 0 Å². The minimum atomic E-state index is 0.662. The van der Waals surface area contributed by atoms with Gasteiger partial charge in [-0.25, -0.2) is 0 Å². The van der Waals surface area contributed by atoms with Gasteiger partial charge in [0.2, 0.25) is 0 Å². The number of hydrogen-bond donors (Lipinski definition) is 0. The topological polar surface area (TPSA) is 0 Å². The van der Waals surface area contributed by atoms with Crippen LogP contribution in [0.25, 0.3) is 89.0 Å². The molecule has 0 N–H and O–H groups in total. The zero-order chi connectivity index (χ0) is 92.3. The Balaban J connectivity index is 1.08. The Morgan fingerprint density at radius 1 is 0.138 bits per heavy atom. The first kappa shape index (κ1) is 101. The van der Waals surface area contributed by atoms with Gasteiger partial charge in [-0.15, -0.1) is 0 Å². The second-order valence-corrected chi connectivity index (χ2v) is 43.1. The lowest BCUT2D eigenvalue weighted by atomic mass is 9.73. The van der Waals surface area contributed by atoms with Gasteiger partial charge < -0.3 is 0 Å². The average molecular weight is 1730 g/mol. The predicted molar refractivity (Wildman–Crippen MR) is 572 cm³/mol. The standard InChI is InChI=1S/C130H166/c1-93(2)25-19-31-99(13)37-43-105-49-53-111(54-50-105)57-59-113-61-73-115(74-62-113)117-85-89-123(90-86-117)129-125(119-77-65-107(66-78-119)45-39-101(15)33-21-27-95(5)6)127(121-81-69-109(70-82-121)47-41-103(17)35-23-29-97(9)10)130(124-91-87-118(88-92-124)116-75-63-114(64-76-116)60-58-112-55-51-106(52-56-112)44-38-100(14)32-20-26-94(3)4)128(122-83-71-110(72-84-122)48-42-104(18)36-24-30-98(11)12)126(129)120-79-67-108(68-80-120)46-40-102(16)34-22-28-96(7)8/h49-56,61-104H,19-48H2,1-18H3. The third-order valence-corrected chi connectivity index (χ3v) is 28.3. The number of rotatable bonds is 50. The van der Waals surface area contributed by atoms with Crippen LogP contribution in [-0.2, 0) is 38.5 Å². The molecule has 0 aromatic heterocycles. The summed E-state index contributed by atoms with van der Waals surface area (Å²) in [7, 11) is 0. The minimum Gasteiger partial charge on any atom is -0.0628 e. The Morgan fingerprint density at radius 3 is 0.415 bits per heavy atom. The van der Waals surface area contributed by atoms with E-state index in [1.807, 2.05) is 0 Å². The fraction of sp³-hybridized carbons (Fsp3) is 0.462. The van der Waals surface area contributed by atoms with Crippen LogP contribution in [0.5, 0.6) is 0 Å². The summed E-state index contributed by atoms with van der Waals surface area (Å²) in [6, 6.07) is 95.3. The molecule has 0 aliphatic carbocycles. The van der Waals surface area contributed by atoms with Crippen molar-refractivity contribution in [2.45, 2.75) is 317 Å². The molecule has 0 fully saturated rings. The van der Waals surface area contributed by atoms with Crippen molar-refractivity contribution in [2.75, 3.05) is 0 Å². The highest BCUT2D eigenvalue weighted by Gasteiger charge is 2.31. The first-order valence-corrected chi connectivity index (χ1v) is 52.1. The third kappa shape index (κ3) is 33.1. The quantitative estimate of drug-likeness (QED) is 0.0333. The van der Waals surface area contributed by atoms with Gasteiger partial charge in [-0.05, 0) is 319 Å². The number of benzene rings is 11. The molecule has 6 unspecified atom stereocenters. The average Bonchev–Trinajstić information content (AvgIpc) is 0.712. The Labute approximate surface area is 793 Å². The molecule has 0 aliphatic heterocycles. The molecule has 0 saturated heterocycles. The summed E-state index contributed by atoms with van der Waals surface area (Å²) in [6.07, 6.45) is 37.1. The van der Waals surface area contributed by atoms with Crippen LogP contribution in [0.2, 0.25) is 0 Å². The molecule has 0 spiro atoms. The van der Waals surface area contributed by atoms with E-state index in [0.29, 0.717) is 23.7 Å². The highest BCUT2D eigenvalue weighted by molar-refractivity contribution is 6.15. The Hall–Kier alpha value is -9.46. The van der Waals surface area contributed by atoms with E-state index in [1.54, 1.807) is 0 Å². The van der Waals surface area contributed by atoms with Crippen LogP contribution >= 0.6 is 0 Å². The fourth-order valence-electron chi connectivity index (χ4n) is 19.4. The summed E-state index contributed by atoms with van der Waals surface area (Å²) in [5.74, 6) is 22.8. The van der Waals surface area contributed by atoms with Crippen molar-refractivity contribution in [2.24, 2.45) is 71.0 Å². The molecule has 0 nitrogen and oxygen atoms in total. The summed E-state index contributed by atoms with van der Waals surface area (Å²) in [5.41, 5.74) is 32.1. The van der Waals surface area contributed by atoms with Gasteiger partial charge in [-0.3, -0.25) is 0 Å². The summed E-state index contributed by atoms with van der Waals surface area (Å²) >= 11 is 0. The van der Waals surface area contributed by atoms with Gasteiger partial charge in [0.25, 0.3) is 0 Å². The van der Waals surface area contributed by atoms with Gasteiger partial charge in [-0.1, -0.05) is 458 Å². The van der Waals surface area contributed by atoms with Crippen LogP contribution in [0, 0.1) is 94.7 Å². The third-order valence-electron chi connectivity index (χ3n) is 28.3. The SMILES string of the molecule is CC(C)CCCC(C)CCc1ccc(C#Cc2ccc(-c3ccc(-c4c(-c5ccc(CCC(C)CCCC(C)C)cc5)c(-c5ccc(CCC(C)CCCC(C)C)cc5)c(-c5ccc(-c6ccc(C#Cc7ccc(CCC(C)CCCC(C)C)cc7)cc6)cc5)c(-c5ccc(CCC(C)CCCC(C)C)cc5)c4-c4ccc(CCC(C)CCCC(C)C)cc4)cc3)cc2)cc1. The van der Waals surface area contributed by atoms with E-state index in [4.69, 9.17) is 0 Å². The molecular weight excluding hydrogens is 1560 g/mol. The van der Waals surface area contributed by atoms with Crippen LogP contribution in [0.1, 0.15) is 334 Å². The zero-order valence-corrected chi connectivity index (χ0v) is 84.2. The summed E-state index contributed by atoms with van der Waals surface area (Å²) in [6.45, 7) is 43.1. The van der Waals surface area contributed by atoms with Crippen molar-refractivity contribution in [1.82, 2.24) is 0 Å². The number of aryl methyl sites for hydroxylation is 6. The molecule has 0 saturated carbocycles. The van der Waals surface area contributed by atoms with E-state index in [0.717, 1.165) is 108 Å². The molecule has 11 rings (SSSR count). The zero-order valence-electron chi connectivity index (χ0n) is 84.2. The molecule has 0 aliphatic rings. The van der Waals surface area contributed by atoms with Crippen LogP contribution < -0.4 is 0 Å². The van der Waals surface area contributed by atoms with Crippen molar-refractivity contribution in [3.05, 3.63) is 298 Å². The molecule has 0 bridgehead atoms. The van der Waals surface area contributed by atoms with Crippen molar-refractivity contribution >= 4 is 0 Å². The Bertz CT molecular complexity index is 4730. The summed E-state index contributed by atoms with van der Waals surface area (Å²) in [5, 5.41) is 0. The predicted octanol–water partition coefficient (Wildman–Crippen LogP) is 38.2.